The molecule has 29 heavy (non-hydrogen) atoms. The van der Waals surface area contributed by atoms with Crippen molar-refractivity contribution in [1.29, 1.82) is 0 Å². The van der Waals surface area contributed by atoms with Gasteiger partial charge in [-0.3, -0.25) is 14.9 Å². The molecule has 2 unspecified atom stereocenters. The van der Waals surface area contributed by atoms with Gasteiger partial charge in [-0.15, -0.1) is 0 Å². The van der Waals surface area contributed by atoms with Crippen LogP contribution in [0.2, 0.25) is 0 Å². The van der Waals surface area contributed by atoms with Crippen LogP contribution in [0, 0.1) is 5.41 Å². The number of amides is 2. The monoisotopic (exact) mass is 425 g/mol. The van der Waals surface area contributed by atoms with Gasteiger partial charge in [-0.05, 0) is 50.3 Å². The largest absolute Gasteiger partial charge is 0.465 e. The highest BCUT2D eigenvalue weighted by atomic mass is 32.2. The van der Waals surface area contributed by atoms with Gasteiger partial charge in [-0.2, -0.15) is 0 Å². The van der Waals surface area contributed by atoms with Crippen LogP contribution in [0.5, 0.6) is 0 Å². The third kappa shape index (κ3) is 4.45. The predicted octanol–water partition coefficient (Wildman–Crippen LogP) is 1.68. The third-order valence-electron chi connectivity index (χ3n) is 6.28. The minimum atomic E-state index is -2.35. The van der Waals surface area contributed by atoms with Gasteiger partial charge >= 0.3 is 6.09 Å². The second kappa shape index (κ2) is 9.21. The fourth-order valence-corrected chi connectivity index (χ4v) is 5.85. The van der Waals surface area contributed by atoms with Crippen LogP contribution >= 0.6 is 0 Å². The molecule has 2 amide bonds. The molecule has 9 nitrogen and oxygen atoms in total. The molecule has 3 rings (SSSR count). The van der Waals surface area contributed by atoms with E-state index in [2.05, 4.69) is 12.1 Å². The summed E-state index contributed by atoms with van der Waals surface area (Å²) in [6.45, 7) is 1.22. The Morgan fingerprint density at radius 3 is 2.17 bits per heavy atom. The quantitative estimate of drug-likeness (QED) is 0.321. The molecule has 0 saturated carbocycles. The van der Waals surface area contributed by atoms with Crippen LogP contribution in [0.15, 0.2) is 30.3 Å². The van der Waals surface area contributed by atoms with E-state index in [0.29, 0.717) is 19.0 Å². The van der Waals surface area contributed by atoms with Gasteiger partial charge in [0.05, 0.1) is 5.41 Å². The Morgan fingerprint density at radius 2 is 1.69 bits per heavy atom. The SMILES string of the molecule is O=C(O)N1CCC(C(=O)NO)(C(N2CCC(c3ccccc3)CC2)S(=O)O)CC1. The summed E-state index contributed by atoms with van der Waals surface area (Å²) >= 11 is -2.35. The third-order valence-corrected chi connectivity index (χ3v) is 7.41. The molecule has 2 fully saturated rings. The van der Waals surface area contributed by atoms with Gasteiger partial charge in [0.2, 0.25) is 0 Å². The Labute approximate surface area is 171 Å². The second-order valence-electron chi connectivity index (χ2n) is 7.72. The minimum absolute atomic E-state index is 0.0664. The van der Waals surface area contributed by atoms with Crippen molar-refractivity contribution in [3.8, 4) is 0 Å². The molecule has 2 aliphatic rings. The molecule has 0 radical (unpaired) electrons. The molecular formula is C19H27N3O6S. The number of likely N-dealkylation sites (tertiary alicyclic amines) is 2. The lowest BCUT2D eigenvalue weighted by atomic mass is 9.76. The summed E-state index contributed by atoms with van der Waals surface area (Å²) in [6.07, 6.45) is 0.627. The molecule has 160 valence electrons. The first-order chi connectivity index (χ1) is 13.9. The van der Waals surface area contributed by atoms with Crippen molar-refractivity contribution in [2.75, 3.05) is 26.2 Å². The summed E-state index contributed by atoms with van der Waals surface area (Å²) in [4.78, 5) is 26.9. The average molecular weight is 426 g/mol. The van der Waals surface area contributed by atoms with Crippen molar-refractivity contribution in [3.63, 3.8) is 0 Å². The van der Waals surface area contributed by atoms with Crippen molar-refractivity contribution in [2.45, 2.75) is 37.0 Å². The van der Waals surface area contributed by atoms with Gasteiger partial charge in [0, 0.05) is 13.1 Å². The van der Waals surface area contributed by atoms with E-state index < -0.39 is 33.9 Å². The number of benzene rings is 1. The first-order valence-corrected chi connectivity index (χ1v) is 10.9. The molecule has 2 heterocycles. The molecule has 10 heteroatoms. The summed E-state index contributed by atoms with van der Waals surface area (Å²) in [5.41, 5.74) is 1.55. The highest BCUT2D eigenvalue weighted by Crippen LogP contribution is 2.41. The maximum Gasteiger partial charge on any atom is 0.407 e. The van der Waals surface area contributed by atoms with Crippen molar-refractivity contribution in [1.82, 2.24) is 15.3 Å². The number of rotatable bonds is 5. The summed E-state index contributed by atoms with van der Waals surface area (Å²) in [5, 5.41) is 17.5. The van der Waals surface area contributed by atoms with E-state index in [1.807, 2.05) is 23.1 Å². The second-order valence-corrected chi connectivity index (χ2v) is 8.72. The molecule has 1 aromatic carbocycles. The van der Waals surface area contributed by atoms with Gasteiger partial charge in [-0.1, -0.05) is 30.3 Å². The molecule has 0 aromatic heterocycles. The Hall–Kier alpha value is -2.01. The number of nitrogens with zero attached hydrogens (tertiary/aromatic N) is 2. The maximum atomic E-state index is 12.6. The van der Waals surface area contributed by atoms with Crippen LogP contribution in [0.1, 0.15) is 37.2 Å². The zero-order chi connectivity index (χ0) is 21.0. The maximum absolute atomic E-state index is 12.6. The number of piperidine rings is 2. The molecule has 0 bridgehead atoms. The topological polar surface area (TPSA) is 130 Å². The summed E-state index contributed by atoms with van der Waals surface area (Å²) in [6, 6.07) is 10.1. The van der Waals surface area contributed by atoms with Crippen LogP contribution in [-0.4, -0.2) is 72.4 Å². The highest BCUT2D eigenvalue weighted by molar-refractivity contribution is 7.79. The van der Waals surface area contributed by atoms with Crippen LogP contribution < -0.4 is 5.48 Å². The van der Waals surface area contributed by atoms with E-state index >= 15 is 0 Å². The molecule has 0 aliphatic carbocycles. The highest BCUT2D eigenvalue weighted by Gasteiger charge is 2.53. The van der Waals surface area contributed by atoms with Crippen LogP contribution in [-0.2, 0) is 15.9 Å². The summed E-state index contributed by atoms with van der Waals surface area (Å²) < 4.78 is 22.5. The van der Waals surface area contributed by atoms with E-state index in [0.717, 1.165) is 12.8 Å². The van der Waals surface area contributed by atoms with Gasteiger partial charge < -0.3 is 14.6 Å². The number of carbonyl (C=O) groups excluding carboxylic acids is 1. The number of carbonyl (C=O) groups is 2. The fourth-order valence-electron chi connectivity index (χ4n) is 4.66. The van der Waals surface area contributed by atoms with Gasteiger partial charge in [-0.25, -0.2) is 14.5 Å². The van der Waals surface area contributed by atoms with E-state index in [1.165, 1.54) is 10.5 Å². The van der Waals surface area contributed by atoms with Crippen LogP contribution in [0.3, 0.4) is 0 Å². The van der Waals surface area contributed by atoms with Gasteiger partial charge in [0.15, 0.2) is 11.1 Å². The van der Waals surface area contributed by atoms with E-state index in [9.17, 15) is 28.7 Å². The Morgan fingerprint density at radius 1 is 1.10 bits per heavy atom. The van der Waals surface area contributed by atoms with Crippen molar-refractivity contribution in [3.05, 3.63) is 35.9 Å². The molecule has 4 N–H and O–H groups in total. The lowest BCUT2D eigenvalue weighted by molar-refractivity contribution is -0.146. The summed E-state index contributed by atoms with van der Waals surface area (Å²) in [7, 11) is 0. The molecule has 0 spiro atoms. The number of hydrogen-bond donors (Lipinski definition) is 4. The zero-order valence-electron chi connectivity index (χ0n) is 16.1. The van der Waals surface area contributed by atoms with Crippen LogP contribution in [0.25, 0.3) is 0 Å². The van der Waals surface area contributed by atoms with Crippen molar-refractivity contribution >= 4 is 23.1 Å². The lowest BCUT2D eigenvalue weighted by Gasteiger charge is -2.48. The van der Waals surface area contributed by atoms with E-state index in [-0.39, 0.29) is 25.9 Å². The number of hydrogen-bond acceptors (Lipinski definition) is 5. The van der Waals surface area contributed by atoms with Crippen LogP contribution in [0.4, 0.5) is 4.79 Å². The molecule has 2 atom stereocenters. The van der Waals surface area contributed by atoms with E-state index in [4.69, 9.17) is 0 Å². The zero-order valence-corrected chi connectivity index (χ0v) is 16.9. The fraction of sp³-hybridized carbons (Fsp3) is 0.579. The number of hydroxylamine groups is 1. The predicted molar refractivity (Wildman–Crippen MR) is 106 cm³/mol. The average Bonchev–Trinajstić information content (AvgIpc) is 2.74. The standard InChI is InChI=1S/C19H27N3O6S/c23-16(20-26)19(8-12-22(13-9-19)18(24)25)17(29(27)28)21-10-6-15(7-11-21)14-4-2-1-3-5-14/h1-5,15,17,26H,6-13H2,(H,20,23)(H,24,25)(H,27,28). The van der Waals surface area contributed by atoms with Crippen molar-refractivity contribution in [2.24, 2.45) is 5.41 Å². The molecule has 2 saturated heterocycles. The normalized spacial score (nSPS) is 22.6. The smallest absolute Gasteiger partial charge is 0.407 e. The lowest BCUT2D eigenvalue weighted by Crippen LogP contribution is -2.62. The molecule has 2 aliphatic heterocycles. The first kappa shape index (κ1) is 21.7. The van der Waals surface area contributed by atoms with Crippen molar-refractivity contribution < 1.29 is 28.7 Å². The summed E-state index contributed by atoms with van der Waals surface area (Å²) in [5.74, 6) is -0.392. The molecule has 1 aromatic rings. The Balaban J connectivity index is 1.79. The van der Waals surface area contributed by atoms with E-state index in [1.54, 1.807) is 5.48 Å². The molecular weight excluding hydrogens is 398 g/mol. The Kier molecular flexibility index (Phi) is 6.89. The van der Waals surface area contributed by atoms with Gasteiger partial charge in [0.25, 0.3) is 5.91 Å². The first-order valence-electron chi connectivity index (χ1n) is 9.70. The Bertz CT molecular complexity index is 746. The number of carboxylic acid groups (broad SMARTS) is 1. The van der Waals surface area contributed by atoms with Gasteiger partial charge in [0.1, 0.15) is 5.37 Å². The minimum Gasteiger partial charge on any atom is -0.465 e. The number of nitrogens with one attached hydrogen (secondary N) is 1.